The molecule has 0 unspecified atom stereocenters. The first-order valence-electron chi connectivity index (χ1n) is 15.0. The maximum atomic E-state index is 2.49. The molecular formula is C38H49B. The van der Waals surface area contributed by atoms with E-state index in [-0.39, 0.29) is 5.41 Å². The monoisotopic (exact) mass is 516 g/mol. The molecule has 0 N–H and O–H groups in total. The topological polar surface area (TPSA) is 0 Å². The predicted octanol–water partition coefficient (Wildman–Crippen LogP) is 10.8. The summed E-state index contributed by atoms with van der Waals surface area (Å²) in [4.78, 5) is 0. The van der Waals surface area contributed by atoms with Crippen molar-refractivity contribution in [2.24, 2.45) is 0 Å². The van der Waals surface area contributed by atoms with Gasteiger partial charge in [-0.05, 0) is 70.5 Å². The summed E-state index contributed by atoms with van der Waals surface area (Å²) in [6, 6.07) is 19.1. The first-order valence-corrected chi connectivity index (χ1v) is 15.0. The standard InChI is InChI=1S/C38H49B/c1-23(2)17-28-13-15-31-32-16-14-29(20-36(32)38(10,11)35(31)19-28)18-27(9)39(12)37-33(25(5)6)21-30(24(3)4)22-34(37)26(7)8/h13-22,24-26H,1-12H3/b27-18+. The highest BCUT2D eigenvalue weighted by Gasteiger charge is 2.35. The third-order valence-electron chi connectivity index (χ3n) is 8.87. The van der Waals surface area contributed by atoms with Crippen LogP contribution in [-0.2, 0) is 5.41 Å². The maximum absolute atomic E-state index is 2.49. The molecule has 204 valence electrons. The van der Waals surface area contributed by atoms with Crippen LogP contribution in [0.3, 0.4) is 0 Å². The first-order chi connectivity index (χ1) is 18.2. The lowest BCUT2D eigenvalue weighted by molar-refractivity contribution is 0.660. The smallest absolute Gasteiger partial charge is 0.0982 e. The SMILES string of the molecule is CB(/C(C)=C/c1ccc2c(c1)C(C)(C)c1cc(C=C(C)C)ccc1-2)c1c(C(C)C)cc(C(C)C)cc1C(C)C. The van der Waals surface area contributed by atoms with Crippen LogP contribution in [0.5, 0.6) is 0 Å². The van der Waals surface area contributed by atoms with E-state index in [0.717, 1.165) is 0 Å². The zero-order valence-electron chi connectivity index (χ0n) is 26.6. The molecule has 0 radical (unpaired) electrons. The molecule has 0 nitrogen and oxygen atoms in total. The highest BCUT2D eigenvalue weighted by Crippen LogP contribution is 2.49. The average Bonchev–Trinajstić information content (AvgIpc) is 3.08. The fourth-order valence-electron chi connectivity index (χ4n) is 6.41. The van der Waals surface area contributed by atoms with Gasteiger partial charge in [0.25, 0.3) is 0 Å². The van der Waals surface area contributed by atoms with E-state index in [1.54, 1.807) is 5.46 Å². The second-order valence-electron chi connectivity index (χ2n) is 13.6. The van der Waals surface area contributed by atoms with Gasteiger partial charge in [-0.15, -0.1) is 0 Å². The zero-order valence-corrected chi connectivity index (χ0v) is 26.6. The lowest BCUT2D eigenvalue weighted by atomic mass is 9.39. The van der Waals surface area contributed by atoms with Crippen LogP contribution >= 0.6 is 0 Å². The molecule has 0 heterocycles. The van der Waals surface area contributed by atoms with Gasteiger partial charge in [-0.25, -0.2) is 0 Å². The number of fused-ring (bicyclic) bond motifs is 3. The Kier molecular flexibility index (Phi) is 8.23. The van der Waals surface area contributed by atoms with Crippen molar-refractivity contribution in [2.45, 2.75) is 106 Å². The molecule has 0 bridgehead atoms. The Balaban J connectivity index is 1.76. The van der Waals surface area contributed by atoms with Crippen molar-refractivity contribution < 1.29 is 0 Å². The van der Waals surface area contributed by atoms with Crippen LogP contribution in [0, 0.1) is 0 Å². The third kappa shape index (κ3) is 5.61. The van der Waals surface area contributed by atoms with Crippen LogP contribution in [-0.4, -0.2) is 6.71 Å². The Morgan fingerprint density at radius 1 is 0.667 bits per heavy atom. The van der Waals surface area contributed by atoms with Gasteiger partial charge in [0, 0.05) is 5.41 Å². The normalized spacial score (nSPS) is 14.2. The number of rotatable bonds is 7. The highest BCUT2D eigenvalue weighted by molar-refractivity contribution is 6.80. The largest absolute Gasteiger partial charge is 0.201 e. The van der Waals surface area contributed by atoms with Crippen LogP contribution < -0.4 is 5.46 Å². The summed E-state index contributed by atoms with van der Waals surface area (Å²) in [7, 11) is 0. The molecule has 3 aromatic rings. The fraction of sp³-hybridized carbons (Fsp3) is 0.421. The van der Waals surface area contributed by atoms with Crippen LogP contribution in [0.1, 0.15) is 133 Å². The molecule has 1 heteroatoms. The molecular weight excluding hydrogens is 467 g/mol. The average molecular weight is 517 g/mol. The molecule has 0 aromatic heterocycles. The summed E-state index contributed by atoms with van der Waals surface area (Å²) in [6.45, 7) is 28.2. The van der Waals surface area contributed by atoms with Crippen molar-refractivity contribution in [1.29, 1.82) is 0 Å². The van der Waals surface area contributed by atoms with E-state index in [1.165, 1.54) is 61.1 Å². The van der Waals surface area contributed by atoms with E-state index >= 15 is 0 Å². The molecule has 0 fully saturated rings. The zero-order chi connectivity index (χ0) is 28.8. The molecule has 0 spiro atoms. The van der Waals surface area contributed by atoms with E-state index < -0.39 is 0 Å². The summed E-state index contributed by atoms with van der Waals surface area (Å²) < 4.78 is 0. The second kappa shape index (κ2) is 11.0. The van der Waals surface area contributed by atoms with Gasteiger partial charge >= 0.3 is 0 Å². The minimum Gasteiger partial charge on any atom is -0.0982 e. The molecule has 1 aliphatic rings. The molecule has 3 aromatic carbocycles. The highest BCUT2D eigenvalue weighted by atomic mass is 14.4. The lowest BCUT2D eigenvalue weighted by Gasteiger charge is -2.26. The predicted molar refractivity (Wildman–Crippen MR) is 177 cm³/mol. The first kappa shape index (κ1) is 29.2. The summed E-state index contributed by atoms with van der Waals surface area (Å²) in [6.07, 6.45) is 4.71. The number of hydrogen-bond acceptors (Lipinski definition) is 0. The minimum atomic E-state index is -0.0121. The maximum Gasteiger partial charge on any atom is 0.201 e. The van der Waals surface area contributed by atoms with Crippen LogP contribution in [0.4, 0.5) is 0 Å². The number of allylic oxidation sites excluding steroid dienone is 2. The van der Waals surface area contributed by atoms with Gasteiger partial charge < -0.3 is 0 Å². The quantitative estimate of drug-likeness (QED) is 0.274. The van der Waals surface area contributed by atoms with Gasteiger partial charge in [-0.3, -0.25) is 0 Å². The van der Waals surface area contributed by atoms with Gasteiger partial charge in [-0.1, -0.05) is 157 Å². The Bertz CT molecular complexity index is 1410. The Morgan fingerprint density at radius 3 is 1.54 bits per heavy atom. The van der Waals surface area contributed by atoms with Gasteiger partial charge in [-0.2, -0.15) is 0 Å². The van der Waals surface area contributed by atoms with Gasteiger partial charge in [0.2, 0.25) is 6.71 Å². The molecule has 0 amide bonds. The number of benzene rings is 3. The van der Waals surface area contributed by atoms with E-state index in [4.69, 9.17) is 0 Å². The van der Waals surface area contributed by atoms with Crippen molar-refractivity contribution in [1.82, 2.24) is 0 Å². The fourth-order valence-corrected chi connectivity index (χ4v) is 6.41. The minimum absolute atomic E-state index is 0.0121. The van der Waals surface area contributed by atoms with Crippen molar-refractivity contribution in [2.75, 3.05) is 0 Å². The van der Waals surface area contributed by atoms with E-state index in [0.29, 0.717) is 24.5 Å². The van der Waals surface area contributed by atoms with Gasteiger partial charge in [0.15, 0.2) is 0 Å². The molecule has 0 aliphatic heterocycles. The molecule has 0 atom stereocenters. The summed E-state index contributed by atoms with van der Waals surface area (Å²) in [5, 5.41) is 0. The van der Waals surface area contributed by atoms with Gasteiger partial charge in [0.05, 0.1) is 0 Å². The van der Waals surface area contributed by atoms with Crippen molar-refractivity contribution in [3.63, 3.8) is 0 Å². The van der Waals surface area contributed by atoms with Gasteiger partial charge in [0.1, 0.15) is 0 Å². The van der Waals surface area contributed by atoms with E-state index in [1.807, 2.05) is 0 Å². The Morgan fingerprint density at radius 2 is 1.13 bits per heavy atom. The van der Waals surface area contributed by atoms with Crippen LogP contribution in [0.25, 0.3) is 23.3 Å². The Labute approximate surface area is 239 Å². The molecule has 39 heavy (non-hydrogen) atoms. The molecule has 1 aliphatic carbocycles. The number of hydrogen-bond donors (Lipinski definition) is 0. The van der Waals surface area contributed by atoms with E-state index in [9.17, 15) is 0 Å². The third-order valence-corrected chi connectivity index (χ3v) is 8.87. The molecule has 0 saturated heterocycles. The molecule has 0 saturated carbocycles. The summed E-state index contributed by atoms with van der Waals surface area (Å²) in [5.41, 5.74) is 17.0. The van der Waals surface area contributed by atoms with Crippen molar-refractivity contribution >= 4 is 24.3 Å². The van der Waals surface area contributed by atoms with Crippen LogP contribution in [0.2, 0.25) is 6.82 Å². The summed E-state index contributed by atoms with van der Waals surface area (Å²) >= 11 is 0. The van der Waals surface area contributed by atoms with Crippen molar-refractivity contribution in [3.05, 3.63) is 98.5 Å². The molecule has 4 rings (SSSR count). The van der Waals surface area contributed by atoms with Crippen LogP contribution in [0.15, 0.2) is 59.6 Å². The summed E-state index contributed by atoms with van der Waals surface area (Å²) in [5.74, 6) is 1.54. The second-order valence-corrected chi connectivity index (χ2v) is 13.6. The van der Waals surface area contributed by atoms with E-state index in [2.05, 4.69) is 144 Å². The Hall–Kier alpha value is -2.80. The lowest BCUT2D eigenvalue weighted by Crippen LogP contribution is -2.36. The van der Waals surface area contributed by atoms with Crippen molar-refractivity contribution in [3.8, 4) is 11.1 Å².